The summed E-state index contributed by atoms with van der Waals surface area (Å²) in [6.45, 7) is 5.82. The van der Waals surface area contributed by atoms with Gasteiger partial charge in [0.05, 0.1) is 53.1 Å². The van der Waals surface area contributed by atoms with Gasteiger partial charge in [0.25, 0.3) is 0 Å². The van der Waals surface area contributed by atoms with Crippen LogP contribution in [0.5, 0.6) is 0 Å². The minimum atomic E-state index is 0.542. The summed E-state index contributed by atoms with van der Waals surface area (Å²) in [4.78, 5) is 6.53. The molecule has 5 rings (SSSR count). The number of fused-ring (bicyclic) bond motifs is 3. The fourth-order valence-corrected chi connectivity index (χ4v) is 4.24. The largest absolute Gasteiger partial charge is 0.370 e. The Morgan fingerprint density at radius 2 is 1.79 bits per heavy atom. The summed E-state index contributed by atoms with van der Waals surface area (Å²) in [5.41, 5.74) is 4.23. The van der Waals surface area contributed by atoms with Crippen molar-refractivity contribution >= 4 is 40.0 Å². The van der Waals surface area contributed by atoms with Crippen molar-refractivity contribution < 1.29 is 9.64 Å². The van der Waals surface area contributed by atoms with Gasteiger partial charge in [0.1, 0.15) is 13.1 Å². The lowest BCUT2D eigenvalue weighted by atomic mass is 10.2. The molecule has 1 saturated heterocycles. The first kappa shape index (κ1) is 18.0. The van der Waals surface area contributed by atoms with Gasteiger partial charge in [-0.25, -0.2) is 4.98 Å². The molecule has 7 heteroatoms. The van der Waals surface area contributed by atoms with Gasteiger partial charge in [0, 0.05) is 11.8 Å². The van der Waals surface area contributed by atoms with E-state index in [1.165, 1.54) is 5.52 Å². The maximum absolute atomic E-state index is 6.21. The molecule has 3 heterocycles. The van der Waals surface area contributed by atoms with Crippen molar-refractivity contribution in [1.82, 2.24) is 14.0 Å². The number of nitrogens with zero attached hydrogens (tertiary/aromatic N) is 3. The number of aromatic nitrogens is 3. The van der Waals surface area contributed by atoms with E-state index in [1.54, 1.807) is 4.90 Å². The van der Waals surface area contributed by atoms with Crippen LogP contribution in [0.4, 0.5) is 0 Å². The molecular formula is C21H21Cl2N4O+. The Bertz CT molecular complexity index is 1140. The van der Waals surface area contributed by atoms with Gasteiger partial charge in [0.15, 0.2) is 0 Å². The highest BCUT2D eigenvalue weighted by atomic mass is 35.5. The molecule has 0 aliphatic carbocycles. The summed E-state index contributed by atoms with van der Waals surface area (Å²) in [5.74, 6) is 0.954. The van der Waals surface area contributed by atoms with E-state index >= 15 is 0 Å². The molecule has 0 radical (unpaired) electrons. The molecule has 0 bridgehead atoms. The molecule has 4 aromatic rings. The molecule has 5 nitrogen and oxygen atoms in total. The molecule has 0 spiro atoms. The molecule has 28 heavy (non-hydrogen) atoms. The number of para-hydroxylation sites is 2. The minimum Gasteiger partial charge on any atom is -0.370 e. The van der Waals surface area contributed by atoms with Crippen molar-refractivity contribution in [3.05, 3.63) is 58.7 Å². The SMILES string of the molecule is Clc1ccc(-c2cn3c4ccccc4n(CC[NH+]4CCOCC4)c3n2)cc1Cl. The Hall–Kier alpha value is -2.05. The average Bonchev–Trinajstić information content (AvgIpc) is 3.27. The molecule has 1 aliphatic heterocycles. The third kappa shape index (κ3) is 3.18. The topological polar surface area (TPSA) is 35.9 Å². The zero-order chi connectivity index (χ0) is 19.1. The second-order valence-electron chi connectivity index (χ2n) is 7.18. The molecule has 1 fully saturated rings. The van der Waals surface area contributed by atoms with E-state index in [4.69, 9.17) is 32.9 Å². The smallest absolute Gasteiger partial charge is 0.215 e. The van der Waals surface area contributed by atoms with Crippen LogP contribution in [-0.4, -0.2) is 46.8 Å². The van der Waals surface area contributed by atoms with Crippen LogP contribution >= 0.6 is 23.2 Å². The summed E-state index contributed by atoms with van der Waals surface area (Å²) >= 11 is 12.3. The number of quaternary nitrogens is 1. The number of halogens is 2. The van der Waals surface area contributed by atoms with Gasteiger partial charge in [-0.15, -0.1) is 0 Å². The molecule has 0 atom stereocenters. The van der Waals surface area contributed by atoms with Crippen LogP contribution < -0.4 is 4.90 Å². The number of imidazole rings is 2. The summed E-state index contributed by atoms with van der Waals surface area (Å²) in [6, 6.07) is 14.1. The first-order valence-corrected chi connectivity index (χ1v) is 10.3. The maximum Gasteiger partial charge on any atom is 0.215 e. The van der Waals surface area contributed by atoms with E-state index in [-0.39, 0.29) is 0 Å². The van der Waals surface area contributed by atoms with Gasteiger partial charge in [-0.2, -0.15) is 0 Å². The van der Waals surface area contributed by atoms with E-state index in [1.807, 2.05) is 18.2 Å². The lowest BCUT2D eigenvalue weighted by Crippen LogP contribution is -3.14. The molecule has 0 saturated carbocycles. The monoisotopic (exact) mass is 415 g/mol. The predicted octanol–water partition coefficient (Wildman–Crippen LogP) is 3.18. The summed E-state index contributed by atoms with van der Waals surface area (Å²) in [6.07, 6.45) is 2.08. The molecule has 2 aromatic heterocycles. The van der Waals surface area contributed by atoms with Gasteiger partial charge in [-0.3, -0.25) is 4.40 Å². The van der Waals surface area contributed by atoms with E-state index in [0.717, 1.165) is 61.9 Å². The summed E-state index contributed by atoms with van der Waals surface area (Å²) in [5, 5.41) is 1.10. The quantitative estimate of drug-likeness (QED) is 0.555. The Labute approximate surface area is 173 Å². The van der Waals surface area contributed by atoms with Crippen LogP contribution in [0, 0.1) is 0 Å². The van der Waals surface area contributed by atoms with Crippen molar-refractivity contribution in [3.8, 4) is 11.3 Å². The van der Waals surface area contributed by atoms with Crippen LogP contribution in [0.15, 0.2) is 48.7 Å². The number of hydrogen-bond donors (Lipinski definition) is 1. The fourth-order valence-electron chi connectivity index (χ4n) is 3.94. The molecule has 144 valence electrons. The maximum atomic E-state index is 6.21. The Morgan fingerprint density at radius 3 is 2.57 bits per heavy atom. The number of benzene rings is 2. The van der Waals surface area contributed by atoms with Crippen molar-refractivity contribution in [3.63, 3.8) is 0 Å². The first-order valence-electron chi connectivity index (χ1n) is 9.54. The zero-order valence-corrected chi connectivity index (χ0v) is 16.9. The van der Waals surface area contributed by atoms with E-state index < -0.39 is 0 Å². The number of rotatable bonds is 4. The van der Waals surface area contributed by atoms with E-state index in [0.29, 0.717) is 10.0 Å². The predicted molar refractivity (Wildman–Crippen MR) is 113 cm³/mol. The Morgan fingerprint density at radius 1 is 1.00 bits per heavy atom. The van der Waals surface area contributed by atoms with Crippen LogP contribution in [0.3, 0.4) is 0 Å². The molecule has 0 unspecified atom stereocenters. The second-order valence-corrected chi connectivity index (χ2v) is 7.99. The van der Waals surface area contributed by atoms with Gasteiger partial charge in [-0.1, -0.05) is 41.4 Å². The highest BCUT2D eigenvalue weighted by molar-refractivity contribution is 6.42. The number of hydrogen-bond acceptors (Lipinski definition) is 2. The van der Waals surface area contributed by atoms with Crippen molar-refractivity contribution in [1.29, 1.82) is 0 Å². The lowest BCUT2D eigenvalue weighted by molar-refractivity contribution is -0.908. The van der Waals surface area contributed by atoms with Gasteiger partial charge in [0.2, 0.25) is 5.78 Å². The van der Waals surface area contributed by atoms with Crippen molar-refractivity contribution in [2.24, 2.45) is 0 Å². The number of nitrogens with one attached hydrogen (secondary N) is 1. The number of morpholine rings is 1. The first-order chi connectivity index (χ1) is 13.7. The minimum absolute atomic E-state index is 0.542. The number of ether oxygens (including phenoxy) is 1. The molecule has 1 aliphatic rings. The van der Waals surface area contributed by atoms with Crippen molar-refractivity contribution in [2.45, 2.75) is 6.54 Å². The molecular weight excluding hydrogens is 395 g/mol. The van der Waals surface area contributed by atoms with Crippen LogP contribution in [0.1, 0.15) is 0 Å². The standard InChI is InChI=1S/C21H20Cl2N4O/c22-16-6-5-15(13-17(16)23)18-14-27-20-4-2-1-3-19(20)26(21(27)24-18)8-7-25-9-11-28-12-10-25/h1-6,13-14H,7-12H2/p+1. The normalized spacial score (nSPS) is 15.6. The molecule has 0 amide bonds. The summed E-state index contributed by atoms with van der Waals surface area (Å²) < 4.78 is 9.97. The van der Waals surface area contributed by atoms with Gasteiger partial charge in [-0.05, 0) is 24.3 Å². The van der Waals surface area contributed by atoms with Crippen molar-refractivity contribution in [2.75, 3.05) is 32.8 Å². The second kappa shape index (κ2) is 7.41. The van der Waals surface area contributed by atoms with Gasteiger partial charge >= 0.3 is 0 Å². The third-order valence-electron chi connectivity index (χ3n) is 5.47. The highest BCUT2D eigenvalue weighted by Gasteiger charge is 2.18. The Balaban J connectivity index is 1.56. The Kier molecular flexibility index (Phi) is 4.77. The highest BCUT2D eigenvalue weighted by Crippen LogP contribution is 2.30. The average molecular weight is 416 g/mol. The third-order valence-corrected chi connectivity index (χ3v) is 6.20. The van der Waals surface area contributed by atoms with E-state index in [2.05, 4.69) is 39.4 Å². The van der Waals surface area contributed by atoms with Crippen LogP contribution in [0.2, 0.25) is 10.0 Å². The molecule has 1 N–H and O–H groups in total. The van der Waals surface area contributed by atoms with Gasteiger partial charge < -0.3 is 14.2 Å². The fraction of sp³-hybridized carbons (Fsp3) is 0.286. The summed E-state index contributed by atoms with van der Waals surface area (Å²) in [7, 11) is 0. The van der Waals surface area contributed by atoms with E-state index in [9.17, 15) is 0 Å². The van der Waals surface area contributed by atoms with Crippen LogP contribution in [0.25, 0.3) is 28.1 Å². The zero-order valence-electron chi connectivity index (χ0n) is 15.4. The molecule has 2 aromatic carbocycles. The lowest BCUT2D eigenvalue weighted by Gasteiger charge is -2.23. The van der Waals surface area contributed by atoms with Crippen LogP contribution in [-0.2, 0) is 11.3 Å².